The average molecular weight is 394 g/mol. The fraction of sp³-hybridized carbons (Fsp3) is 0.0769. The number of aromatic nitrogens is 2. The second-order valence-electron chi connectivity index (χ2n) is 6.87. The van der Waals surface area contributed by atoms with E-state index in [0.717, 1.165) is 16.7 Å². The zero-order chi connectivity index (χ0) is 20.8. The Balaban J connectivity index is 1.98. The molecular weight excluding hydrogens is 372 g/mol. The number of rotatable bonds is 6. The summed E-state index contributed by atoms with van der Waals surface area (Å²) in [5.74, 6) is -0.412. The van der Waals surface area contributed by atoms with Crippen molar-refractivity contribution in [1.29, 1.82) is 0 Å². The first-order valence-electron chi connectivity index (χ1n) is 9.72. The zero-order valence-electron chi connectivity index (χ0n) is 16.7. The summed E-state index contributed by atoms with van der Waals surface area (Å²) in [5.41, 5.74) is 3.40. The lowest BCUT2D eigenvalue weighted by Gasteiger charge is -2.37. The van der Waals surface area contributed by atoms with Crippen molar-refractivity contribution < 1.29 is 9.53 Å². The maximum Gasteiger partial charge on any atom is 0.330 e. The Bertz CT molecular complexity index is 1040. The number of esters is 1. The lowest BCUT2D eigenvalue weighted by molar-refractivity contribution is -0.134. The van der Waals surface area contributed by atoms with Gasteiger partial charge < -0.3 is 9.30 Å². The topological polar surface area (TPSA) is 44.1 Å². The maximum atomic E-state index is 11.5. The van der Waals surface area contributed by atoms with Gasteiger partial charge in [-0.3, -0.25) is 0 Å². The fourth-order valence-corrected chi connectivity index (χ4v) is 3.81. The van der Waals surface area contributed by atoms with E-state index in [-0.39, 0.29) is 0 Å². The van der Waals surface area contributed by atoms with E-state index in [9.17, 15) is 4.79 Å². The number of imidazole rings is 1. The summed E-state index contributed by atoms with van der Waals surface area (Å²) in [6.45, 7) is 0. The Hall–Kier alpha value is -3.92. The van der Waals surface area contributed by atoms with Gasteiger partial charge in [-0.2, -0.15) is 0 Å². The van der Waals surface area contributed by atoms with Gasteiger partial charge in [0, 0.05) is 12.3 Å². The molecule has 3 aromatic carbocycles. The van der Waals surface area contributed by atoms with Gasteiger partial charge in [0.1, 0.15) is 5.54 Å². The average Bonchev–Trinajstić information content (AvgIpc) is 3.29. The first-order chi connectivity index (χ1) is 14.7. The van der Waals surface area contributed by atoms with Crippen LogP contribution in [-0.4, -0.2) is 22.6 Å². The summed E-state index contributed by atoms with van der Waals surface area (Å²) in [6.07, 6.45) is 6.80. The van der Waals surface area contributed by atoms with Crippen LogP contribution < -0.4 is 0 Å². The van der Waals surface area contributed by atoms with E-state index in [1.165, 1.54) is 13.2 Å². The molecular formula is C26H22N2O2. The van der Waals surface area contributed by atoms with Gasteiger partial charge in [0.15, 0.2) is 0 Å². The van der Waals surface area contributed by atoms with Crippen LogP contribution in [0.15, 0.2) is 110 Å². The second-order valence-corrected chi connectivity index (χ2v) is 6.87. The third kappa shape index (κ3) is 3.55. The summed E-state index contributed by atoms with van der Waals surface area (Å²) >= 11 is 0. The lowest BCUT2D eigenvalue weighted by Crippen LogP contribution is -2.36. The number of methoxy groups -OCH3 is 1. The van der Waals surface area contributed by atoms with Gasteiger partial charge in [-0.05, 0) is 22.8 Å². The summed E-state index contributed by atoms with van der Waals surface area (Å²) in [7, 11) is 1.36. The van der Waals surface area contributed by atoms with Crippen molar-refractivity contribution in [3.8, 4) is 0 Å². The van der Waals surface area contributed by atoms with E-state index in [1.807, 2.05) is 67.1 Å². The predicted octanol–water partition coefficient (Wildman–Crippen LogP) is 4.91. The Kier molecular flexibility index (Phi) is 5.57. The molecule has 0 unspecified atom stereocenters. The van der Waals surface area contributed by atoms with Gasteiger partial charge >= 0.3 is 5.97 Å². The Morgan fingerprint density at radius 3 is 1.73 bits per heavy atom. The first kappa shape index (κ1) is 19.4. The van der Waals surface area contributed by atoms with Gasteiger partial charge in [0.05, 0.1) is 19.1 Å². The molecule has 0 spiro atoms. The standard InChI is InChI=1S/C26H22N2O2/c1-30-25(29)18-17-24-19-28(20-27-24)26(21-11-5-2-6-12-21,22-13-7-3-8-14-22)23-15-9-4-10-16-23/h2-20H,1H3. The van der Waals surface area contributed by atoms with Gasteiger partial charge in [-0.25, -0.2) is 9.78 Å². The van der Waals surface area contributed by atoms with E-state index in [0.29, 0.717) is 5.69 Å². The maximum absolute atomic E-state index is 11.5. The van der Waals surface area contributed by atoms with Gasteiger partial charge in [0.2, 0.25) is 0 Å². The summed E-state index contributed by atoms with van der Waals surface area (Å²) in [4.78, 5) is 16.0. The van der Waals surface area contributed by atoms with E-state index < -0.39 is 11.5 Å². The molecule has 0 amide bonds. The van der Waals surface area contributed by atoms with Gasteiger partial charge in [-0.1, -0.05) is 91.0 Å². The van der Waals surface area contributed by atoms with E-state index in [1.54, 1.807) is 6.08 Å². The summed E-state index contributed by atoms with van der Waals surface area (Å²) < 4.78 is 6.79. The molecule has 4 aromatic rings. The van der Waals surface area contributed by atoms with Crippen LogP contribution in [0.5, 0.6) is 0 Å². The van der Waals surface area contributed by atoms with Crippen LogP contribution in [0.3, 0.4) is 0 Å². The van der Waals surface area contributed by atoms with E-state index >= 15 is 0 Å². The lowest BCUT2D eigenvalue weighted by atomic mass is 9.77. The van der Waals surface area contributed by atoms with Crippen LogP contribution in [0, 0.1) is 0 Å². The Labute approximate surface area is 176 Å². The second kappa shape index (κ2) is 8.62. The van der Waals surface area contributed by atoms with Crippen LogP contribution in [0.1, 0.15) is 22.4 Å². The van der Waals surface area contributed by atoms with Crippen molar-refractivity contribution >= 4 is 12.0 Å². The molecule has 0 aliphatic carbocycles. The molecule has 1 aromatic heterocycles. The molecule has 148 valence electrons. The molecule has 0 aliphatic rings. The monoisotopic (exact) mass is 394 g/mol. The highest BCUT2D eigenvalue weighted by atomic mass is 16.5. The summed E-state index contributed by atoms with van der Waals surface area (Å²) in [5, 5.41) is 0. The van der Waals surface area contributed by atoms with Crippen molar-refractivity contribution in [3.05, 3.63) is 132 Å². The highest BCUT2D eigenvalue weighted by Crippen LogP contribution is 2.40. The normalized spacial score (nSPS) is 11.5. The zero-order valence-corrected chi connectivity index (χ0v) is 16.7. The van der Waals surface area contributed by atoms with Crippen LogP contribution in [0.25, 0.3) is 6.08 Å². The minimum absolute atomic E-state index is 0.412. The number of carbonyl (C=O) groups is 1. The van der Waals surface area contributed by atoms with Crippen molar-refractivity contribution in [2.24, 2.45) is 0 Å². The number of benzene rings is 3. The molecule has 4 heteroatoms. The smallest absolute Gasteiger partial charge is 0.330 e. The molecule has 0 fully saturated rings. The predicted molar refractivity (Wildman–Crippen MR) is 118 cm³/mol. The van der Waals surface area contributed by atoms with Crippen LogP contribution in [-0.2, 0) is 15.1 Å². The minimum atomic E-state index is -0.617. The van der Waals surface area contributed by atoms with Crippen LogP contribution in [0.4, 0.5) is 0 Å². The number of nitrogens with zero attached hydrogens (tertiary/aromatic N) is 2. The van der Waals surface area contributed by atoms with Crippen molar-refractivity contribution in [2.75, 3.05) is 7.11 Å². The highest BCUT2D eigenvalue weighted by Gasteiger charge is 2.38. The molecule has 4 nitrogen and oxygen atoms in total. The van der Waals surface area contributed by atoms with E-state index in [4.69, 9.17) is 4.74 Å². The molecule has 1 heterocycles. The van der Waals surface area contributed by atoms with Crippen molar-refractivity contribution in [1.82, 2.24) is 9.55 Å². The van der Waals surface area contributed by atoms with Gasteiger partial charge in [-0.15, -0.1) is 0 Å². The number of hydrogen-bond acceptors (Lipinski definition) is 3. The van der Waals surface area contributed by atoms with Crippen LogP contribution >= 0.6 is 0 Å². The SMILES string of the molecule is COC(=O)C=Cc1cn(C(c2ccccc2)(c2ccccc2)c2ccccc2)cn1. The van der Waals surface area contributed by atoms with E-state index in [2.05, 4.69) is 45.9 Å². The summed E-state index contributed by atoms with van der Waals surface area (Å²) in [6, 6.07) is 31.1. The van der Waals surface area contributed by atoms with Crippen molar-refractivity contribution in [3.63, 3.8) is 0 Å². The van der Waals surface area contributed by atoms with Gasteiger partial charge in [0.25, 0.3) is 0 Å². The highest BCUT2D eigenvalue weighted by molar-refractivity contribution is 5.86. The fourth-order valence-electron chi connectivity index (χ4n) is 3.81. The Morgan fingerprint density at radius 1 is 0.833 bits per heavy atom. The molecule has 30 heavy (non-hydrogen) atoms. The number of ether oxygens (including phenoxy) is 1. The quantitative estimate of drug-likeness (QED) is 0.265. The molecule has 0 saturated carbocycles. The third-order valence-electron chi connectivity index (χ3n) is 5.16. The molecule has 4 rings (SSSR count). The van der Waals surface area contributed by atoms with Crippen LogP contribution in [0.2, 0.25) is 0 Å². The molecule has 0 radical (unpaired) electrons. The largest absolute Gasteiger partial charge is 0.466 e. The molecule has 0 bridgehead atoms. The van der Waals surface area contributed by atoms with Crippen molar-refractivity contribution in [2.45, 2.75) is 5.54 Å². The molecule has 0 aliphatic heterocycles. The minimum Gasteiger partial charge on any atom is -0.466 e. The molecule has 0 saturated heterocycles. The number of hydrogen-bond donors (Lipinski definition) is 0. The third-order valence-corrected chi connectivity index (χ3v) is 5.16. The number of carbonyl (C=O) groups excluding carboxylic acids is 1. The Morgan fingerprint density at radius 2 is 1.30 bits per heavy atom. The first-order valence-corrected chi connectivity index (χ1v) is 9.72. The molecule has 0 N–H and O–H groups in total. The molecule has 0 atom stereocenters.